The first-order valence-corrected chi connectivity index (χ1v) is 6.73. The first kappa shape index (κ1) is 14.8. The van der Waals surface area contributed by atoms with E-state index in [0.29, 0.717) is 29.2 Å². The molecule has 1 heterocycles. The molecular weight excluding hydrogens is 288 g/mol. The summed E-state index contributed by atoms with van der Waals surface area (Å²) in [4.78, 5) is 16.3. The molecule has 2 N–H and O–H groups in total. The summed E-state index contributed by atoms with van der Waals surface area (Å²) in [6.45, 7) is 2.61. The van der Waals surface area contributed by atoms with Crippen LogP contribution in [0.5, 0.6) is 0 Å². The van der Waals surface area contributed by atoms with Gasteiger partial charge in [-0.25, -0.2) is 4.98 Å². The maximum absolute atomic E-state index is 12.2. The van der Waals surface area contributed by atoms with Crippen molar-refractivity contribution in [2.75, 3.05) is 17.2 Å². The van der Waals surface area contributed by atoms with Crippen LogP contribution in [0.2, 0.25) is 5.15 Å². The van der Waals surface area contributed by atoms with Gasteiger partial charge in [0.2, 0.25) is 0 Å². The van der Waals surface area contributed by atoms with Crippen molar-refractivity contribution in [3.63, 3.8) is 0 Å². The third-order valence-electron chi connectivity index (χ3n) is 2.66. The lowest BCUT2D eigenvalue weighted by molar-refractivity contribution is 0.102. The summed E-state index contributed by atoms with van der Waals surface area (Å²) < 4.78 is 0. The number of hydrogen-bond donors (Lipinski definition) is 2. The number of nitrogens with one attached hydrogen (secondary N) is 2. The van der Waals surface area contributed by atoms with Crippen LogP contribution in [0.25, 0.3) is 0 Å². The van der Waals surface area contributed by atoms with E-state index >= 15 is 0 Å². The number of benzene rings is 1. The summed E-state index contributed by atoms with van der Waals surface area (Å²) in [5.74, 6) is 0.231. The second-order valence-corrected chi connectivity index (χ2v) is 4.63. The van der Waals surface area contributed by atoms with Gasteiger partial charge in [0.05, 0.1) is 11.6 Å². The molecule has 0 aliphatic heterocycles. The Hall–Kier alpha value is -2.58. The molecule has 6 heteroatoms. The number of rotatable bonds is 4. The Balaban J connectivity index is 2.22. The fourth-order valence-corrected chi connectivity index (χ4v) is 1.98. The second kappa shape index (κ2) is 6.73. The monoisotopic (exact) mass is 300 g/mol. The van der Waals surface area contributed by atoms with Crippen LogP contribution < -0.4 is 10.6 Å². The Morgan fingerprint density at radius 1 is 1.38 bits per heavy atom. The molecule has 21 heavy (non-hydrogen) atoms. The molecule has 1 amide bonds. The number of nitrogens with zero attached hydrogens (tertiary/aromatic N) is 2. The third kappa shape index (κ3) is 3.94. The topological polar surface area (TPSA) is 77.8 Å². The number of halogens is 1. The van der Waals surface area contributed by atoms with Crippen molar-refractivity contribution >= 4 is 29.0 Å². The average molecular weight is 301 g/mol. The third-order valence-corrected chi connectivity index (χ3v) is 2.86. The van der Waals surface area contributed by atoms with Crippen LogP contribution in [0, 0.1) is 11.3 Å². The van der Waals surface area contributed by atoms with E-state index in [2.05, 4.69) is 15.6 Å². The van der Waals surface area contributed by atoms with Gasteiger partial charge in [-0.3, -0.25) is 4.79 Å². The molecule has 5 nitrogen and oxygen atoms in total. The Labute approximate surface area is 127 Å². The van der Waals surface area contributed by atoms with Gasteiger partial charge in [0.25, 0.3) is 5.91 Å². The Morgan fingerprint density at radius 3 is 2.90 bits per heavy atom. The molecule has 2 rings (SSSR count). The van der Waals surface area contributed by atoms with E-state index in [9.17, 15) is 4.79 Å². The standard InChI is InChI=1S/C15H13ClN4O/c1-2-18-14-8-11(7-13(16)20-14)15(21)19-12-5-3-4-10(6-12)9-17/h3-8H,2H2,1H3,(H,18,20)(H,19,21). The predicted octanol–water partition coefficient (Wildman–Crippen LogP) is 3.29. The van der Waals surface area contributed by atoms with Crippen molar-refractivity contribution < 1.29 is 4.79 Å². The number of aromatic nitrogens is 1. The van der Waals surface area contributed by atoms with Gasteiger partial charge in [-0.1, -0.05) is 17.7 Å². The Kier molecular flexibility index (Phi) is 4.75. The van der Waals surface area contributed by atoms with E-state index in [4.69, 9.17) is 16.9 Å². The highest BCUT2D eigenvalue weighted by molar-refractivity contribution is 6.30. The quantitative estimate of drug-likeness (QED) is 0.849. The molecule has 1 aromatic heterocycles. The van der Waals surface area contributed by atoms with E-state index in [1.807, 2.05) is 13.0 Å². The Bertz CT molecular complexity index is 709. The lowest BCUT2D eigenvalue weighted by atomic mass is 10.2. The SMILES string of the molecule is CCNc1cc(C(=O)Nc2cccc(C#N)c2)cc(Cl)n1. The molecule has 0 bridgehead atoms. The second-order valence-electron chi connectivity index (χ2n) is 4.24. The maximum Gasteiger partial charge on any atom is 0.255 e. The van der Waals surface area contributed by atoms with E-state index < -0.39 is 0 Å². The highest BCUT2D eigenvalue weighted by Crippen LogP contribution is 2.17. The molecule has 0 radical (unpaired) electrons. The van der Waals surface area contributed by atoms with E-state index in [0.717, 1.165) is 0 Å². The normalized spacial score (nSPS) is 9.76. The van der Waals surface area contributed by atoms with Crippen LogP contribution in [0.15, 0.2) is 36.4 Å². The van der Waals surface area contributed by atoms with Gasteiger partial charge in [0.15, 0.2) is 0 Å². The molecular formula is C15H13ClN4O. The van der Waals surface area contributed by atoms with E-state index in [-0.39, 0.29) is 11.1 Å². The number of pyridine rings is 1. The minimum atomic E-state index is -0.312. The summed E-state index contributed by atoms with van der Waals surface area (Å²) in [5.41, 5.74) is 1.43. The number of amides is 1. The largest absolute Gasteiger partial charge is 0.370 e. The smallest absolute Gasteiger partial charge is 0.255 e. The number of carbonyl (C=O) groups excluding carboxylic acids is 1. The summed E-state index contributed by atoms with van der Waals surface area (Å²) >= 11 is 5.91. The summed E-state index contributed by atoms with van der Waals surface area (Å²) in [6, 6.07) is 11.8. The number of nitriles is 1. The summed E-state index contributed by atoms with van der Waals surface area (Å²) in [5, 5.41) is 14.8. The molecule has 0 unspecified atom stereocenters. The van der Waals surface area contributed by atoms with Crippen LogP contribution in [-0.2, 0) is 0 Å². The van der Waals surface area contributed by atoms with Gasteiger partial charge in [-0.2, -0.15) is 5.26 Å². The zero-order chi connectivity index (χ0) is 15.2. The average Bonchev–Trinajstić information content (AvgIpc) is 2.47. The Morgan fingerprint density at radius 2 is 2.19 bits per heavy atom. The molecule has 1 aromatic carbocycles. The van der Waals surface area contributed by atoms with Crippen LogP contribution in [0.4, 0.5) is 11.5 Å². The number of carbonyl (C=O) groups is 1. The van der Waals surface area contributed by atoms with Crippen molar-refractivity contribution in [1.29, 1.82) is 5.26 Å². The van der Waals surface area contributed by atoms with Gasteiger partial charge in [-0.05, 0) is 37.3 Å². The van der Waals surface area contributed by atoms with Gasteiger partial charge >= 0.3 is 0 Å². The first-order valence-electron chi connectivity index (χ1n) is 6.35. The lowest BCUT2D eigenvalue weighted by Crippen LogP contribution is -2.13. The highest BCUT2D eigenvalue weighted by atomic mass is 35.5. The molecule has 0 fully saturated rings. The summed E-state index contributed by atoms with van der Waals surface area (Å²) in [6.07, 6.45) is 0. The molecule has 0 saturated carbocycles. The molecule has 0 aliphatic rings. The van der Waals surface area contributed by atoms with Crippen LogP contribution in [0.1, 0.15) is 22.8 Å². The molecule has 0 aliphatic carbocycles. The van der Waals surface area contributed by atoms with Crippen molar-refractivity contribution in [3.05, 3.63) is 52.7 Å². The minimum Gasteiger partial charge on any atom is -0.370 e. The zero-order valence-corrected chi connectivity index (χ0v) is 12.1. The van der Waals surface area contributed by atoms with E-state index in [1.165, 1.54) is 6.07 Å². The summed E-state index contributed by atoms with van der Waals surface area (Å²) in [7, 11) is 0. The van der Waals surface area contributed by atoms with Crippen molar-refractivity contribution in [1.82, 2.24) is 4.98 Å². The maximum atomic E-state index is 12.2. The van der Waals surface area contributed by atoms with Crippen molar-refractivity contribution in [2.24, 2.45) is 0 Å². The highest BCUT2D eigenvalue weighted by Gasteiger charge is 2.10. The van der Waals surface area contributed by atoms with Crippen molar-refractivity contribution in [3.8, 4) is 6.07 Å². The fourth-order valence-electron chi connectivity index (χ4n) is 1.77. The molecule has 2 aromatic rings. The van der Waals surface area contributed by atoms with Gasteiger partial charge in [0, 0.05) is 17.8 Å². The van der Waals surface area contributed by atoms with Gasteiger partial charge in [-0.15, -0.1) is 0 Å². The zero-order valence-electron chi connectivity index (χ0n) is 11.4. The van der Waals surface area contributed by atoms with E-state index in [1.54, 1.807) is 30.3 Å². The first-order chi connectivity index (χ1) is 10.1. The molecule has 106 valence electrons. The van der Waals surface area contributed by atoms with Crippen LogP contribution in [-0.4, -0.2) is 17.4 Å². The molecule has 0 atom stereocenters. The number of hydrogen-bond acceptors (Lipinski definition) is 4. The predicted molar refractivity (Wildman–Crippen MR) is 82.5 cm³/mol. The molecule has 0 saturated heterocycles. The fraction of sp³-hybridized carbons (Fsp3) is 0.133. The number of anilines is 2. The van der Waals surface area contributed by atoms with Crippen LogP contribution >= 0.6 is 11.6 Å². The minimum absolute atomic E-state index is 0.240. The van der Waals surface area contributed by atoms with Gasteiger partial charge in [0.1, 0.15) is 11.0 Å². The van der Waals surface area contributed by atoms with Crippen LogP contribution in [0.3, 0.4) is 0 Å². The molecule has 0 spiro atoms. The van der Waals surface area contributed by atoms with Crippen molar-refractivity contribution in [2.45, 2.75) is 6.92 Å². The van der Waals surface area contributed by atoms with Gasteiger partial charge < -0.3 is 10.6 Å². The lowest BCUT2D eigenvalue weighted by Gasteiger charge is -2.08.